The Bertz CT molecular complexity index is 1380. The summed E-state index contributed by atoms with van der Waals surface area (Å²) in [6.45, 7) is 4.15. The molecule has 0 bridgehead atoms. The van der Waals surface area contributed by atoms with E-state index >= 15 is 0 Å². The Morgan fingerprint density at radius 3 is 2.77 bits per heavy atom. The first-order valence-electron chi connectivity index (χ1n) is 11.1. The van der Waals surface area contributed by atoms with Crippen molar-refractivity contribution in [3.8, 4) is 23.2 Å². The average molecular weight is 513 g/mol. The number of amides is 1. The lowest BCUT2D eigenvalue weighted by atomic mass is 10.0. The number of aromatic nitrogens is 3. The van der Waals surface area contributed by atoms with E-state index in [1.54, 1.807) is 29.8 Å². The van der Waals surface area contributed by atoms with E-state index in [1.807, 2.05) is 13.8 Å². The minimum absolute atomic E-state index is 0.246. The van der Waals surface area contributed by atoms with Crippen LogP contribution in [-0.2, 0) is 14.8 Å². The van der Waals surface area contributed by atoms with Crippen LogP contribution in [-0.4, -0.2) is 41.1 Å². The van der Waals surface area contributed by atoms with E-state index in [9.17, 15) is 18.5 Å². The predicted octanol–water partition coefficient (Wildman–Crippen LogP) is 3.91. The van der Waals surface area contributed by atoms with Crippen molar-refractivity contribution >= 4 is 38.1 Å². The van der Waals surface area contributed by atoms with Crippen molar-refractivity contribution in [2.45, 2.75) is 44.3 Å². The van der Waals surface area contributed by atoms with Crippen LogP contribution in [0.3, 0.4) is 0 Å². The van der Waals surface area contributed by atoms with Crippen molar-refractivity contribution in [1.29, 1.82) is 5.26 Å². The Balaban J connectivity index is 1.50. The molecule has 182 valence electrons. The summed E-state index contributed by atoms with van der Waals surface area (Å²) in [6.07, 6.45) is 4.83. The number of sulfonamides is 1. The van der Waals surface area contributed by atoms with Crippen LogP contribution in [0.5, 0.6) is 5.88 Å². The monoisotopic (exact) mass is 512 g/mol. The van der Waals surface area contributed by atoms with Gasteiger partial charge in [0, 0.05) is 10.9 Å². The van der Waals surface area contributed by atoms with Gasteiger partial charge in [-0.15, -0.1) is 11.3 Å². The summed E-state index contributed by atoms with van der Waals surface area (Å²) in [4.78, 5) is 25.9. The van der Waals surface area contributed by atoms with Crippen molar-refractivity contribution in [3.05, 3.63) is 47.2 Å². The number of nitrogens with one attached hydrogen (secondary N) is 2. The lowest BCUT2D eigenvalue weighted by molar-refractivity contribution is -0.117. The molecule has 4 rings (SSSR count). The summed E-state index contributed by atoms with van der Waals surface area (Å²) in [5.74, 6) is -0.559. The number of benzene rings is 1. The number of thiazole rings is 1. The van der Waals surface area contributed by atoms with E-state index in [-0.39, 0.29) is 21.9 Å². The van der Waals surface area contributed by atoms with Crippen molar-refractivity contribution < 1.29 is 17.9 Å². The molecule has 0 saturated heterocycles. The maximum Gasteiger partial charge on any atom is 0.237 e. The third-order valence-corrected chi connectivity index (χ3v) is 8.13. The van der Waals surface area contributed by atoms with Crippen LogP contribution in [0.15, 0.2) is 36.0 Å². The number of nitriles is 1. The molecule has 1 saturated carbocycles. The lowest BCUT2D eigenvalue weighted by Gasteiger charge is -2.14. The van der Waals surface area contributed by atoms with Gasteiger partial charge in [0.2, 0.25) is 21.8 Å². The highest BCUT2D eigenvalue weighted by molar-refractivity contribution is 7.93. The minimum Gasteiger partial charge on any atom is -0.477 e. The molecule has 2 heterocycles. The van der Waals surface area contributed by atoms with Gasteiger partial charge in [-0.25, -0.2) is 18.4 Å². The number of carbonyl (C=O) groups is 1. The molecule has 1 aromatic carbocycles. The normalized spacial score (nSPS) is 14.1. The Morgan fingerprint density at radius 2 is 2.09 bits per heavy atom. The Labute approximate surface area is 207 Å². The molecular formula is C23H24N6O4S2. The molecule has 0 radical (unpaired) electrons. The fourth-order valence-corrected chi connectivity index (χ4v) is 5.80. The molecule has 0 spiro atoms. The summed E-state index contributed by atoms with van der Waals surface area (Å²) in [5, 5.41) is 14.1. The molecule has 1 unspecified atom stereocenters. The van der Waals surface area contributed by atoms with E-state index in [1.165, 1.54) is 6.20 Å². The number of nitrogens with zero attached hydrogens (tertiary/aromatic N) is 4. The highest BCUT2D eigenvalue weighted by atomic mass is 32.2. The zero-order chi connectivity index (χ0) is 25.0. The molecule has 1 aliphatic carbocycles. The lowest BCUT2D eigenvalue weighted by Crippen LogP contribution is -2.22. The van der Waals surface area contributed by atoms with Crippen LogP contribution < -0.4 is 14.8 Å². The highest BCUT2D eigenvalue weighted by Gasteiger charge is 2.36. The van der Waals surface area contributed by atoms with Gasteiger partial charge in [-0.1, -0.05) is 13.0 Å². The topological polar surface area (TPSA) is 147 Å². The molecule has 1 fully saturated rings. The minimum atomic E-state index is -3.43. The summed E-state index contributed by atoms with van der Waals surface area (Å²) in [5.41, 5.74) is 2.30. The van der Waals surface area contributed by atoms with Crippen LogP contribution in [0.2, 0.25) is 0 Å². The molecule has 3 aromatic rings. The first-order chi connectivity index (χ1) is 16.8. The second-order valence-corrected chi connectivity index (χ2v) is 10.7. The second kappa shape index (κ2) is 10.4. The van der Waals surface area contributed by atoms with Crippen molar-refractivity contribution in [3.63, 3.8) is 0 Å². The predicted molar refractivity (Wildman–Crippen MR) is 133 cm³/mol. The van der Waals surface area contributed by atoms with Crippen LogP contribution in [0.4, 0.5) is 10.8 Å². The molecule has 1 aliphatic rings. The fraction of sp³-hybridized carbons (Fsp3) is 0.348. The molecule has 2 N–H and O–H groups in total. The van der Waals surface area contributed by atoms with Gasteiger partial charge in [-0.2, -0.15) is 5.26 Å². The van der Waals surface area contributed by atoms with Crippen LogP contribution in [0.25, 0.3) is 11.3 Å². The van der Waals surface area contributed by atoms with Crippen molar-refractivity contribution in [2.24, 2.45) is 0 Å². The summed E-state index contributed by atoms with van der Waals surface area (Å²) in [7, 11) is -3.43. The van der Waals surface area contributed by atoms with Gasteiger partial charge >= 0.3 is 0 Å². The van der Waals surface area contributed by atoms with E-state index in [0.717, 1.165) is 11.3 Å². The van der Waals surface area contributed by atoms with E-state index < -0.39 is 15.9 Å². The quantitative estimate of drug-likeness (QED) is 0.416. The number of hydrogen-bond donors (Lipinski definition) is 2. The largest absolute Gasteiger partial charge is 0.477 e. The van der Waals surface area contributed by atoms with E-state index in [0.29, 0.717) is 54.4 Å². The van der Waals surface area contributed by atoms with Gasteiger partial charge in [0.25, 0.3) is 0 Å². The third-order valence-electron chi connectivity index (χ3n) is 5.39. The molecule has 0 aliphatic heterocycles. The Hall–Kier alpha value is -3.56. The smallest absolute Gasteiger partial charge is 0.237 e. The van der Waals surface area contributed by atoms with Crippen LogP contribution >= 0.6 is 11.3 Å². The first kappa shape index (κ1) is 24.6. The van der Waals surface area contributed by atoms with Crippen LogP contribution in [0, 0.1) is 11.3 Å². The number of ether oxygens (including phenoxy) is 1. The maximum atomic E-state index is 13.1. The first-order valence-corrected chi connectivity index (χ1v) is 13.5. The van der Waals surface area contributed by atoms with Crippen LogP contribution in [0.1, 0.15) is 50.3 Å². The molecule has 1 amide bonds. The Kier molecular flexibility index (Phi) is 7.28. The van der Waals surface area contributed by atoms with Gasteiger partial charge in [-0.3, -0.25) is 14.5 Å². The number of hydrogen-bond acceptors (Lipinski definition) is 9. The summed E-state index contributed by atoms with van der Waals surface area (Å²) in [6, 6.07) is 7.12. The van der Waals surface area contributed by atoms with Gasteiger partial charge in [0.1, 0.15) is 6.07 Å². The van der Waals surface area contributed by atoms with Gasteiger partial charge in [0.05, 0.1) is 52.8 Å². The maximum absolute atomic E-state index is 13.1. The van der Waals surface area contributed by atoms with E-state index in [2.05, 4.69) is 31.1 Å². The van der Waals surface area contributed by atoms with Crippen molar-refractivity contribution in [2.75, 3.05) is 16.6 Å². The van der Waals surface area contributed by atoms with Gasteiger partial charge < -0.3 is 10.1 Å². The molecule has 10 nitrogen and oxygen atoms in total. The van der Waals surface area contributed by atoms with Gasteiger partial charge in [0.15, 0.2) is 5.13 Å². The molecule has 1 atom stereocenters. The third kappa shape index (κ3) is 5.75. The summed E-state index contributed by atoms with van der Waals surface area (Å²) >= 11 is 1.14. The number of rotatable bonds is 10. The van der Waals surface area contributed by atoms with E-state index in [4.69, 9.17) is 4.74 Å². The zero-order valence-corrected chi connectivity index (χ0v) is 20.8. The zero-order valence-electron chi connectivity index (χ0n) is 19.2. The highest BCUT2D eigenvalue weighted by Crippen LogP contribution is 2.32. The molecular weight excluding hydrogens is 488 g/mol. The SMILES string of the molecule is CCOc1cncc(-c2ccc(NC(=O)C(CC)c3csc(NS(=O)(=O)C4CC4)n3)c(C#N)c2)n1. The summed E-state index contributed by atoms with van der Waals surface area (Å²) < 4.78 is 32.2. The van der Waals surface area contributed by atoms with Crippen molar-refractivity contribution in [1.82, 2.24) is 15.0 Å². The standard InChI is InChI=1S/C23H24N6O4S2/c1-3-17(20-13-34-23(28-20)29-35(31,32)16-6-7-16)22(30)27-18-8-5-14(9-15(18)10-24)19-11-25-12-21(26-19)33-4-2/h5,8-9,11-13,16-17H,3-4,6-7H2,1-2H3,(H,27,30)(H,28,29). The Morgan fingerprint density at radius 1 is 1.29 bits per heavy atom. The fourth-order valence-electron chi connectivity index (χ4n) is 3.43. The molecule has 12 heteroatoms. The second-order valence-electron chi connectivity index (χ2n) is 7.92. The van der Waals surface area contributed by atoms with Gasteiger partial charge in [-0.05, 0) is 38.3 Å². The average Bonchev–Trinajstić information content (AvgIpc) is 3.62. The number of anilines is 2. The molecule has 35 heavy (non-hydrogen) atoms. The molecule has 2 aromatic heterocycles. The number of carbonyl (C=O) groups excluding carboxylic acids is 1.